The minimum Gasteiger partial charge on any atom is -0.373 e. The predicted molar refractivity (Wildman–Crippen MR) is 52.7 cm³/mol. The predicted octanol–water partition coefficient (Wildman–Crippen LogP) is -0.612. The molecule has 0 aromatic carbocycles. The van der Waals surface area contributed by atoms with Gasteiger partial charge in [0.2, 0.25) is 0 Å². The Labute approximate surface area is 92.7 Å². The maximum atomic E-state index is 11.6. The topological polar surface area (TPSA) is 83.3 Å². The van der Waals surface area contributed by atoms with Crippen LogP contribution in [0.2, 0.25) is 0 Å². The Bertz CT molecular complexity index is 311. The van der Waals surface area contributed by atoms with Gasteiger partial charge in [-0.2, -0.15) is 0 Å². The van der Waals surface area contributed by atoms with Crippen molar-refractivity contribution in [3.63, 3.8) is 0 Å². The highest BCUT2D eigenvalue weighted by molar-refractivity contribution is 6.04. The number of carbonyl (C=O) groups excluding carboxylic acids is 2. The van der Waals surface area contributed by atoms with Gasteiger partial charge in [-0.15, -0.1) is 0 Å². The fraction of sp³-hybridized carbons (Fsp3) is 0.800. The van der Waals surface area contributed by atoms with Gasteiger partial charge in [-0.25, -0.2) is 4.79 Å². The molecule has 0 aliphatic carbocycles. The summed E-state index contributed by atoms with van der Waals surface area (Å²) in [5.74, 6) is -0.109. The van der Waals surface area contributed by atoms with Crippen molar-refractivity contribution < 1.29 is 19.1 Å². The van der Waals surface area contributed by atoms with Crippen LogP contribution in [0.5, 0.6) is 0 Å². The van der Waals surface area contributed by atoms with Crippen LogP contribution in [0.15, 0.2) is 0 Å². The summed E-state index contributed by atoms with van der Waals surface area (Å²) in [6.45, 7) is 1.54. The van der Waals surface area contributed by atoms with Gasteiger partial charge in [0, 0.05) is 0 Å². The van der Waals surface area contributed by atoms with Gasteiger partial charge in [0.15, 0.2) is 0 Å². The lowest BCUT2D eigenvalue weighted by atomic mass is 9.90. The Morgan fingerprint density at radius 1 is 1.19 bits per heavy atom. The summed E-state index contributed by atoms with van der Waals surface area (Å²) >= 11 is 0. The molecule has 0 aromatic rings. The molecule has 3 atom stereocenters. The van der Waals surface area contributed by atoms with Gasteiger partial charge in [-0.05, 0) is 18.8 Å². The molecule has 6 heteroatoms. The molecule has 3 fully saturated rings. The fourth-order valence-corrected chi connectivity index (χ4v) is 2.22. The van der Waals surface area contributed by atoms with E-state index in [9.17, 15) is 9.59 Å². The first-order valence-electron chi connectivity index (χ1n) is 5.57. The Morgan fingerprint density at radius 2 is 1.75 bits per heavy atom. The average Bonchev–Trinajstić information content (AvgIpc) is 3.10. The fourth-order valence-electron chi connectivity index (χ4n) is 2.22. The van der Waals surface area contributed by atoms with Gasteiger partial charge in [0.25, 0.3) is 5.91 Å². The largest absolute Gasteiger partial charge is 0.373 e. The number of ether oxygens (including phenoxy) is 2. The van der Waals surface area contributed by atoms with Crippen LogP contribution < -0.4 is 10.6 Å². The number of rotatable bonds is 5. The van der Waals surface area contributed by atoms with E-state index in [4.69, 9.17) is 9.47 Å². The Morgan fingerprint density at radius 3 is 2.12 bits per heavy atom. The standard InChI is InChI=1S/C10H14N2O4/c13-9-8(11-10(14)12-9)5(1-6-3-15-6)2-7-4-16-7/h5-8H,1-4H2,(H2,11,12,13,14). The van der Waals surface area contributed by atoms with Gasteiger partial charge in [0.1, 0.15) is 6.04 Å². The van der Waals surface area contributed by atoms with Crippen LogP contribution in [0.4, 0.5) is 4.79 Å². The summed E-state index contributed by atoms with van der Waals surface area (Å²) in [4.78, 5) is 22.6. The number of hydrogen-bond acceptors (Lipinski definition) is 4. The normalized spacial score (nSPS) is 37.9. The Hall–Kier alpha value is -1.14. The molecule has 0 spiro atoms. The first kappa shape index (κ1) is 10.0. The summed E-state index contributed by atoms with van der Waals surface area (Å²) in [5.41, 5.74) is 0. The molecule has 3 aliphatic rings. The molecule has 3 unspecified atom stereocenters. The molecule has 0 saturated carbocycles. The molecule has 3 amide bonds. The van der Waals surface area contributed by atoms with E-state index in [1.165, 1.54) is 0 Å². The number of urea groups is 1. The van der Waals surface area contributed by atoms with Crippen molar-refractivity contribution in [3.05, 3.63) is 0 Å². The van der Waals surface area contributed by atoms with Gasteiger partial charge in [-0.1, -0.05) is 0 Å². The maximum Gasteiger partial charge on any atom is 0.322 e. The number of amides is 3. The lowest BCUT2D eigenvalue weighted by Crippen LogP contribution is -2.38. The zero-order valence-electron chi connectivity index (χ0n) is 8.77. The van der Waals surface area contributed by atoms with E-state index in [0.29, 0.717) is 0 Å². The minimum atomic E-state index is -0.416. The van der Waals surface area contributed by atoms with Crippen molar-refractivity contribution in [2.45, 2.75) is 31.1 Å². The van der Waals surface area contributed by atoms with Crippen LogP contribution in [-0.2, 0) is 14.3 Å². The number of nitrogens with one attached hydrogen (secondary N) is 2. The van der Waals surface area contributed by atoms with Gasteiger partial charge < -0.3 is 14.8 Å². The monoisotopic (exact) mass is 226 g/mol. The van der Waals surface area contributed by atoms with Crippen molar-refractivity contribution in [1.82, 2.24) is 10.6 Å². The third-order valence-corrected chi connectivity index (χ3v) is 3.21. The smallest absolute Gasteiger partial charge is 0.322 e. The maximum absolute atomic E-state index is 11.6. The minimum absolute atomic E-state index is 0.117. The first-order valence-corrected chi connectivity index (χ1v) is 5.57. The van der Waals surface area contributed by atoms with E-state index in [0.717, 1.165) is 26.1 Å². The van der Waals surface area contributed by atoms with Crippen molar-refractivity contribution in [2.24, 2.45) is 5.92 Å². The summed E-state index contributed by atoms with van der Waals surface area (Å²) in [6.07, 6.45) is 2.15. The Kier molecular flexibility index (Phi) is 2.33. The van der Waals surface area contributed by atoms with E-state index in [2.05, 4.69) is 10.6 Å². The Balaban J connectivity index is 1.64. The lowest BCUT2D eigenvalue weighted by Gasteiger charge is -2.19. The molecular weight excluding hydrogens is 212 g/mol. The van der Waals surface area contributed by atoms with Crippen molar-refractivity contribution in [1.29, 1.82) is 0 Å². The second-order valence-electron chi connectivity index (χ2n) is 4.58. The van der Waals surface area contributed by atoms with E-state index < -0.39 is 12.1 Å². The summed E-state index contributed by atoms with van der Waals surface area (Å²) < 4.78 is 10.4. The summed E-state index contributed by atoms with van der Waals surface area (Å²) in [5, 5.41) is 4.92. The van der Waals surface area contributed by atoms with Crippen molar-refractivity contribution in [2.75, 3.05) is 13.2 Å². The highest BCUT2D eigenvalue weighted by Crippen LogP contribution is 2.30. The molecule has 3 saturated heterocycles. The van der Waals surface area contributed by atoms with Crippen LogP contribution in [0, 0.1) is 5.92 Å². The van der Waals surface area contributed by atoms with E-state index in [1.54, 1.807) is 0 Å². The molecule has 6 nitrogen and oxygen atoms in total. The molecule has 3 aliphatic heterocycles. The van der Waals surface area contributed by atoms with Crippen LogP contribution in [0.3, 0.4) is 0 Å². The molecule has 0 aromatic heterocycles. The molecule has 3 rings (SSSR count). The van der Waals surface area contributed by atoms with E-state index in [-0.39, 0.29) is 24.0 Å². The number of epoxide rings is 2. The molecule has 3 heterocycles. The second-order valence-corrected chi connectivity index (χ2v) is 4.58. The zero-order valence-corrected chi connectivity index (χ0v) is 8.77. The summed E-state index contributed by atoms with van der Waals surface area (Å²) in [7, 11) is 0. The quantitative estimate of drug-likeness (QED) is 0.484. The van der Waals surface area contributed by atoms with Crippen LogP contribution in [0.25, 0.3) is 0 Å². The third kappa shape index (κ3) is 2.17. The number of carbonyl (C=O) groups is 2. The number of imide groups is 1. The van der Waals surface area contributed by atoms with Crippen molar-refractivity contribution >= 4 is 11.9 Å². The lowest BCUT2D eigenvalue weighted by molar-refractivity contribution is -0.121. The molecule has 0 radical (unpaired) electrons. The van der Waals surface area contributed by atoms with Crippen LogP contribution >= 0.6 is 0 Å². The highest BCUT2D eigenvalue weighted by Gasteiger charge is 2.42. The highest BCUT2D eigenvalue weighted by atomic mass is 16.6. The van der Waals surface area contributed by atoms with E-state index in [1.807, 2.05) is 0 Å². The SMILES string of the molecule is O=C1NC(=O)C(C(CC2CO2)CC2CO2)N1. The number of hydrogen-bond donors (Lipinski definition) is 2. The molecule has 88 valence electrons. The molecular formula is C10H14N2O4. The van der Waals surface area contributed by atoms with Gasteiger partial charge in [0.05, 0.1) is 25.4 Å². The van der Waals surface area contributed by atoms with Crippen molar-refractivity contribution in [3.8, 4) is 0 Å². The second kappa shape index (κ2) is 3.71. The summed E-state index contributed by atoms with van der Waals surface area (Å²) in [6, 6.07) is -0.811. The average molecular weight is 226 g/mol. The van der Waals surface area contributed by atoms with Crippen LogP contribution in [-0.4, -0.2) is 43.4 Å². The van der Waals surface area contributed by atoms with Gasteiger partial charge >= 0.3 is 6.03 Å². The third-order valence-electron chi connectivity index (χ3n) is 3.21. The molecule has 2 N–H and O–H groups in total. The first-order chi connectivity index (χ1) is 7.72. The van der Waals surface area contributed by atoms with E-state index >= 15 is 0 Å². The van der Waals surface area contributed by atoms with Crippen LogP contribution in [0.1, 0.15) is 12.8 Å². The van der Waals surface area contributed by atoms with Gasteiger partial charge in [-0.3, -0.25) is 10.1 Å². The molecule has 16 heavy (non-hydrogen) atoms. The molecule has 0 bridgehead atoms. The zero-order chi connectivity index (χ0) is 11.1.